The second kappa shape index (κ2) is 9.57. The van der Waals surface area contributed by atoms with Crippen molar-refractivity contribution in [3.05, 3.63) is 59.3 Å². The summed E-state index contributed by atoms with van der Waals surface area (Å²) in [5, 5.41) is 10.0. The molecule has 0 atom stereocenters. The average molecular weight is 545 g/mol. The van der Waals surface area contributed by atoms with Gasteiger partial charge in [0.15, 0.2) is 5.75 Å². The number of anilines is 1. The van der Waals surface area contributed by atoms with Crippen molar-refractivity contribution < 1.29 is 41.6 Å². The molecule has 1 saturated heterocycles. The van der Waals surface area contributed by atoms with E-state index in [1.807, 2.05) is 30.3 Å². The zero-order valence-corrected chi connectivity index (χ0v) is 20.8. The largest absolute Gasteiger partial charge is 0.481 e. The van der Waals surface area contributed by atoms with E-state index in [4.69, 9.17) is 18.8 Å². The second-order valence-corrected chi connectivity index (χ2v) is 10.9. The summed E-state index contributed by atoms with van der Waals surface area (Å²) < 4.78 is 43.7. The minimum absolute atomic E-state index is 0.0862. The van der Waals surface area contributed by atoms with E-state index < -0.39 is 33.0 Å². The maximum absolute atomic E-state index is 12.6. The Labute approximate surface area is 214 Å². The Kier molecular flexibility index (Phi) is 6.43. The Morgan fingerprint density at radius 3 is 2.57 bits per heavy atom. The Hall–Kier alpha value is -3.81. The number of thioether (sulfide) groups is 1. The molecule has 0 radical (unpaired) electrons. The van der Waals surface area contributed by atoms with Crippen molar-refractivity contribution in [3.63, 3.8) is 0 Å². The van der Waals surface area contributed by atoms with Crippen LogP contribution in [0.25, 0.3) is 21.9 Å². The van der Waals surface area contributed by atoms with Gasteiger partial charge in [0, 0.05) is 36.0 Å². The van der Waals surface area contributed by atoms with Crippen LogP contribution < -0.4 is 9.64 Å². The van der Waals surface area contributed by atoms with Crippen molar-refractivity contribution in [2.75, 3.05) is 23.7 Å². The Bertz CT molecular complexity index is 1620. The van der Waals surface area contributed by atoms with E-state index in [2.05, 4.69) is 0 Å². The predicted octanol–water partition coefficient (Wildman–Crippen LogP) is 3.96. The first-order valence-electron chi connectivity index (χ1n) is 11.1. The number of allylic oxidation sites excluding steroid dienone is 2. The number of imide groups is 1. The fraction of sp³-hybridized carbons (Fsp3) is 0.208. The van der Waals surface area contributed by atoms with E-state index in [1.54, 1.807) is 11.0 Å². The van der Waals surface area contributed by atoms with Crippen LogP contribution in [0.1, 0.15) is 12.8 Å². The van der Waals surface area contributed by atoms with Crippen molar-refractivity contribution in [3.8, 4) is 5.75 Å². The smallest absolute Gasteiger partial charge is 0.305 e. The monoisotopic (exact) mass is 544 g/mol. The normalized spacial score (nSPS) is 18.0. The van der Waals surface area contributed by atoms with Crippen LogP contribution >= 0.6 is 11.8 Å². The molecule has 3 heterocycles. The fourth-order valence-electron chi connectivity index (χ4n) is 4.14. The number of nitrogens with zero attached hydrogens (tertiary/aromatic N) is 2. The van der Waals surface area contributed by atoms with Gasteiger partial charge in [-0.25, -0.2) is 0 Å². The summed E-state index contributed by atoms with van der Waals surface area (Å²) in [5.41, 5.74) is 1.91. The zero-order chi connectivity index (χ0) is 26.3. The fourth-order valence-corrected chi connectivity index (χ4v) is 5.44. The van der Waals surface area contributed by atoms with Gasteiger partial charge in [-0.15, -0.1) is 0 Å². The van der Waals surface area contributed by atoms with Crippen LogP contribution in [0.15, 0.2) is 63.8 Å². The molecule has 2 aromatic carbocycles. The van der Waals surface area contributed by atoms with Crippen LogP contribution in [-0.2, 0) is 19.7 Å². The minimum Gasteiger partial charge on any atom is -0.481 e. The SMILES string of the molecule is O=C(O)CCN1C(=O)SC(=CC=C2Oc3cc4c(cc3N2CCCS(=O)(=O)O)oc2ccccc24)C1=O. The van der Waals surface area contributed by atoms with Crippen LogP contribution in [-0.4, -0.2) is 58.9 Å². The molecule has 3 aromatic rings. The molecule has 13 heteroatoms. The molecule has 2 aliphatic heterocycles. The quantitative estimate of drug-likeness (QED) is 0.313. The summed E-state index contributed by atoms with van der Waals surface area (Å²) in [5.74, 6) is -1.42. The number of rotatable bonds is 8. The lowest BCUT2D eigenvalue weighted by Crippen LogP contribution is -2.30. The molecule has 1 fully saturated rings. The van der Waals surface area contributed by atoms with Crippen LogP contribution in [0, 0.1) is 0 Å². The highest BCUT2D eigenvalue weighted by molar-refractivity contribution is 8.18. The molecule has 1 aromatic heterocycles. The number of benzene rings is 2. The van der Waals surface area contributed by atoms with Crippen LogP contribution in [0.5, 0.6) is 5.75 Å². The van der Waals surface area contributed by atoms with E-state index in [9.17, 15) is 22.8 Å². The first-order chi connectivity index (χ1) is 17.6. The van der Waals surface area contributed by atoms with E-state index in [1.165, 1.54) is 12.2 Å². The van der Waals surface area contributed by atoms with Gasteiger partial charge < -0.3 is 19.2 Å². The maximum atomic E-state index is 12.6. The standard InChI is InChI=1S/C24H20N2O9S2/c27-22(28)8-10-26-23(29)20(36-24(26)30)6-7-21-25(9-3-11-37(31,32)33)16-13-18-15(12-19(16)35-21)14-4-1-2-5-17(14)34-18/h1-2,4-7,12-13H,3,8-11H2,(H,27,28)(H,31,32,33). The van der Waals surface area contributed by atoms with Crippen LogP contribution in [0.4, 0.5) is 10.5 Å². The van der Waals surface area contributed by atoms with Crippen molar-refractivity contribution in [2.24, 2.45) is 0 Å². The first kappa shape index (κ1) is 24.9. The predicted molar refractivity (Wildman–Crippen MR) is 136 cm³/mol. The van der Waals surface area contributed by atoms with Crippen molar-refractivity contribution in [2.45, 2.75) is 12.8 Å². The van der Waals surface area contributed by atoms with Gasteiger partial charge in [0.1, 0.15) is 11.2 Å². The molecule has 0 spiro atoms. The third-order valence-corrected chi connectivity index (χ3v) is 7.54. The average Bonchev–Trinajstić information content (AvgIpc) is 3.45. The zero-order valence-electron chi connectivity index (χ0n) is 19.1. The van der Waals surface area contributed by atoms with E-state index in [0.717, 1.165) is 15.7 Å². The molecule has 0 saturated carbocycles. The van der Waals surface area contributed by atoms with Gasteiger partial charge in [-0.05, 0) is 36.4 Å². The van der Waals surface area contributed by atoms with Crippen molar-refractivity contribution >= 4 is 66.6 Å². The molecule has 2 N–H and O–H groups in total. The number of carbonyl (C=O) groups is 3. The van der Waals surface area contributed by atoms with Gasteiger partial charge in [-0.3, -0.25) is 23.8 Å². The van der Waals surface area contributed by atoms with Gasteiger partial charge in [0.2, 0.25) is 5.88 Å². The lowest BCUT2D eigenvalue weighted by atomic mass is 10.1. The Balaban J connectivity index is 1.47. The second-order valence-electron chi connectivity index (χ2n) is 8.31. The highest BCUT2D eigenvalue weighted by atomic mass is 32.2. The number of carboxylic acid groups (broad SMARTS) is 1. The molecular formula is C24H20N2O9S2. The highest BCUT2D eigenvalue weighted by Gasteiger charge is 2.35. The van der Waals surface area contributed by atoms with Gasteiger partial charge in [-0.1, -0.05) is 18.2 Å². The number of aliphatic carboxylic acids is 1. The number of carbonyl (C=O) groups excluding carboxylic acids is 2. The highest BCUT2D eigenvalue weighted by Crippen LogP contribution is 2.44. The van der Waals surface area contributed by atoms with Crippen LogP contribution in [0.3, 0.4) is 0 Å². The third-order valence-electron chi connectivity index (χ3n) is 5.81. The van der Waals surface area contributed by atoms with E-state index in [0.29, 0.717) is 34.4 Å². The summed E-state index contributed by atoms with van der Waals surface area (Å²) in [6.45, 7) is -0.0665. The van der Waals surface area contributed by atoms with Gasteiger partial charge >= 0.3 is 5.97 Å². The number of para-hydroxylation sites is 1. The molecular weight excluding hydrogens is 524 g/mol. The van der Waals surface area contributed by atoms with Crippen molar-refractivity contribution in [1.82, 2.24) is 4.90 Å². The number of hydrogen-bond acceptors (Lipinski definition) is 9. The molecule has 2 aliphatic rings. The lowest BCUT2D eigenvalue weighted by Gasteiger charge is -2.17. The lowest BCUT2D eigenvalue weighted by molar-refractivity contribution is -0.137. The summed E-state index contributed by atoms with van der Waals surface area (Å²) in [7, 11) is -4.17. The molecule has 0 bridgehead atoms. The number of amides is 2. The molecule has 37 heavy (non-hydrogen) atoms. The molecule has 0 unspecified atom stereocenters. The number of fused-ring (bicyclic) bond motifs is 4. The summed E-state index contributed by atoms with van der Waals surface area (Å²) in [6, 6.07) is 11.1. The Morgan fingerprint density at radius 1 is 1.03 bits per heavy atom. The van der Waals surface area contributed by atoms with Crippen molar-refractivity contribution in [1.29, 1.82) is 0 Å². The summed E-state index contributed by atoms with van der Waals surface area (Å²) in [6.07, 6.45) is 2.62. The number of hydrogen-bond donors (Lipinski definition) is 2. The van der Waals surface area contributed by atoms with E-state index in [-0.39, 0.29) is 36.7 Å². The summed E-state index contributed by atoms with van der Waals surface area (Å²) in [4.78, 5) is 38.3. The number of carboxylic acids is 1. The van der Waals surface area contributed by atoms with Gasteiger partial charge in [-0.2, -0.15) is 8.42 Å². The maximum Gasteiger partial charge on any atom is 0.305 e. The first-order valence-corrected chi connectivity index (χ1v) is 13.6. The molecule has 192 valence electrons. The molecule has 0 aliphatic carbocycles. The molecule has 2 amide bonds. The molecule has 5 rings (SSSR count). The summed E-state index contributed by atoms with van der Waals surface area (Å²) >= 11 is 0.688. The van der Waals surface area contributed by atoms with Crippen LogP contribution in [0.2, 0.25) is 0 Å². The Morgan fingerprint density at radius 2 is 1.81 bits per heavy atom. The third kappa shape index (κ3) is 5.05. The minimum atomic E-state index is -4.17. The topological polar surface area (TPSA) is 155 Å². The molecule has 11 nitrogen and oxygen atoms in total. The van der Waals surface area contributed by atoms with Gasteiger partial charge in [0.05, 0.1) is 22.8 Å². The van der Waals surface area contributed by atoms with E-state index >= 15 is 0 Å². The van der Waals surface area contributed by atoms with Gasteiger partial charge in [0.25, 0.3) is 21.3 Å². The number of ether oxygens (including phenoxy) is 1. The number of furan rings is 1.